The van der Waals surface area contributed by atoms with Gasteiger partial charge in [-0.25, -0.2) is 4.79 Å². The van der Waals surface area contributed by atoms with Crippen LogP contribution in [0.1, 0.15) is 27.0 Å². The monoisotopic (exact) mass is 322 g/mol. The van der Waals surface area contributed by atoms with Crippen molar-refractivity contribution in [1.29, 1.82) is 0 Å². The zero-order valence-electron chi connectivity index (χ0n) is 14.1. The molecule has 0 aliphatic heterocycles. The Balaban J connectivity index is 1.92. The van der Waals surface area contributed by atoms with Crippen molar-refractivity contribution in [1.82, 2.24) is 10.2 Å². The molecule has 0 radical (unpaired) electrons. The number of hydrogen-bond donors (Lipinski definition) is 0. The number of benzene rings is 2. The van der Waals surface area contributed by atoms with E-state index in [-0.39, 0.29) is 5.97 Å². The van der Waals surface area contributed by atoms with E-state index in [0.717, 1.165) is 11.1 Å². The van der Waals surface area contributed by atoms with E-state index in [1.54, 1.807) is 24.3 Å². The lowest BCUT2D eigenvalue weighted by Gasteiger charge is -2.06. The molecule has 0 aliphatic rings. The van der Waals surface area contributed by atoms with E-state index in [1.165, 1.54) is 23.8 Å². The lowest BCUT2D eigenvalue weighted by atomic mass is 10.0. The first-order valence-corrected chi connectivity index (χ1v) is 7.60. The van der Waals surface area contributed by atoms with E-state index in [9.17, 15) is 4.79 Å². The molecular weight excluding hydrogens is 304 g/mol. The smallest absolute Gasteiger partial charge is 0.337 e. The Morgan fingerprint density at radius 2 is 1.46 bits per heavy atom. The van der Waals surface area contributed by atoms with Crippen molar-refractivity contribution in [2.75, 3.05) is 7.11 Å². The number of rotatable bonds is 3. The number of aromatic nitrogens is 2. The van der Waals surface area contributed by atoms with Crippen molar-refractivity contribution in [3.63, 3.8) is 0 Å². The molecule has 3 rings (SSSR count). The van der Waals surface area contributed by atoms with Crippen LogP contribution in [0.2, 0.25) is 0 Å². The minimum Gasteiger partial charge on any atom is -0.465 e. The van der Waals surface area contributed by atoms with Crippen molar-refractivity contribution < 1.29 is 13.9 Å². The topological polar surface area (TPSA) is 65.2 Å². The van der Waals surface area contributed by atoms with Crippen LogP contribution in [-0.2, 0) is 4.74 Å². The molecule has 5 heteroatoms. The normalized spacial score (nSPS) is 10.7. The van der Waals surface area contributed by atoms with E-state index < -0.39 is 0 Å². The Bertz CT molecular complexity index is 872. The van der Waals surface area contributed by atoms with Crippen LogP contribution in [0.3, 0.4) is 0 Å². The van der Waals surface area contributed by atoms with Crippen LogP contribution in [0.25, 0.3) is 22.9 Å². The van der Waals surface area contributed by atoms with Gasteiger partial charge in [0.2, 0.25) is 11.8 Å². The maximum atomic E-state index is 11.5. The fraction of sp³-hybridized carbons (Fsp3) is 0.211. The highest BCUT2D eigenvalue weighted by atomic mass is 16.5. The zero-order chi connectivity index (χ0) is 17.3. The summed E-state index contributed by atoms with van der Waals surface area (Å²) in [6.07, 6.45) is 0. The summed E-state index contributed by atoms with van der Waals surface area (Å²) in [5, 5.41) is 8.25. The van der Waals surface area contributed by atoms with Gasteiger partial charge in [-0.1, -0.05) is 0 Å². The van der Waals surface area contributed by atoms with Crippen molar-refractivity contribution in [2.45, 2.75) is 20.8 Å². The lowest BCUT2D eigenvalue weighted by molar-refractivity contribution is 0.0600. The minimum absolute atomic E-state index is 0.377. The van der Waals surface area contributed by atoms with E-state index in [1.807, 2.05) is 12.1 Å². The SMILES string of the molecule is COC(=O)c1ccc(-c2nnc(-c3cc(C)c(C)c(C)c3)o2)cc1. The molecule has 0 saturated carbocycles. The maximum Gasteiger partial charge on any atom is 0.337 e. The predicted molar refractivity (Wildman–Crippen MR) is 90.7 cm³/mol. The molecule has 1 aromatic heterocycles. The Labute approximate surface area is 140 Å². The summed E-state index contributed by atoms with van der Waals surface area (Å²) in [7, 11) is 1.35. The van der Waals surface area contributed by atoms with Gasteiger partial charge in [-0.2, -0.15) is 0 Å². The van der Waals surface area contributed by atoms with Crippen LogP contribution < -0.4 is 0 Å². The second kappa shape index (κ2) is 6.28. The third-order valence-electron chi connectivity index (χ3n) is 4.15. The fourth-order valence-corrected chi connectivity index (χ4v) is 2.48. The van der Waals surface area contributed by atoms with Crippen LogP contribution in [0.4, 0.5) is 0 Å². The molecule has 0 spiro atoms. The molecule has 0 unspecified atom stereocenters. The molecule has 0 atom stereocenters. The highest BCUT2D eigenvalue weighted by Gasteiger charge is 2.13. The Morgan fingerprint density at radius 3 is 2.00 bits per heavy atom. The van der Waals surface area contributed by atoms with Crippen LogP contribution in [0.5, 0.6) is 0 Å². The zero-order valence-corrected chi connectivity index (χ0v) is 14.1. The van der Waals surface area contributed by atoms with Gasteiger partial charge in [-0.15, -0.1) is 10.2 Å². The summed E-state index contributed by atoms with van der Waals surface area (Å²) in [4.78, 5) is 11.5. The molecule has 2 aromatic carbocycles. The Morgan fingerprint density at radius 1 is 0.917 bits per heavy atom. The van der Waals surface area contributed by atoms with E-state index in [0.29, 0.717) is 17.3 Å². The number of hydrogen-bond acceptors (Lipinski definition) is 5. The van der Waals surface area contributed by atoms with Gasteiger partial charge in [-0.3, -0.25) is 0 Å². The second-order valence-corrected chi connectivity index (χ2v) is 5.72. The highest BCUT2D eigenvalue weighted by Crippen LogP contribution is 2.27. The van der Waals surface area contributed by atoms with Gasteiger partial charge in [0.25, 0.3) is 0 Å². The van der Waals surface area contributed by atoms with Crippen molar-refractivity contribution >= 4 is 5.97 Å². The molecular formula is C19H18N2O3. The number of carbonyl (C=O) groups excluding carboxylic acids is 1. The first kappa shape index (κ1) is 15.9. The molecule has 0 fully saturated rings. The minimum atomic E-state index is -0.377. The largest absolute Gasteiger partial charge is 0.465 e. The van der Waals surface area contributed by atoms with Gasteiger partial charge >= 0.3 is 5.97 Å². The molecule has 0 amide bonds. The van der Waals surface area contributed by atoms with E-state index in [2.05, 4.69) is 35.7 Å². The van der Waals surface area contributed by atoms with Gasteiger partial charge in [0.15, 0.2) is 0 Å². The lowest BCUT2D eigenvalue weighted by Crippen LogP contribution is -2.00. The molecule has 0 bridgehead atoms. The molecule has 0 aliphatic carbocycles. The standard InChI is InChI=1S/C19H18N2O3/c1-11-9-16(10-12(2)13(11)3)18-21-20-17(24-18)14-5-7-15(8-6-14)19(22)23-4/h5-10H,1-4H3. The van der Waals surface area contributed by atoms with Crippen LogP contribution >= 0.6 is 0 Å². The first-order chi connectivity index (χ1) is 11.5. The number of aryl methyl sites for hydroxylation is 2. The van der Waals surface area contributed by atoms with Crippen LogP contribution in [0.15, 0.2) is 40.8 Å². The summed E-state index contributed by atoms with van der Waals surface area (Å²) < 4.78 is 10.5. The van der Waals surface area contributed by atoms with E-state index in [4.69, 9.17) is 4.42 Å². The van der Waals surface area contributed by atoms with Gasteiger partial charge in [0.05, 0.1) is 12.7 Å². The number of ether oxygens (including phenoxy) is 1. The molecule has 1 heterocycles. The van der Waals surface area contributed by atoms with Crippen LogP contribution in [-0.4, -0.2) is 23.3 Å². The molecule has 3 aromatic rings. The summed E-state index contributed by atoms with van der Waals surface area (Å²) in [5.41, 5.74) is 5.77. The Hall–Kier alpha value is -2.95. The third-order valence-corrected chi connectivity index (χ3v) is 4.15. The Kier molecular flexibility index (Phi) is 4.16. The highest BCUT2D eigenvalue weighted by molar-refractivity contribution is 5.89. The number of nitrogens with zero attached hydrogens (tertiary/aromatic N) is 2. The summed E-state index contributed by atoms with van der Waals surface area (Å²) in [6.45, 7) is 6.22. The van der Waals surface area contributed by atoms with E-state index >= 15 is 0 Å². The van der Waals surface area contributed by atoms with Crippen molar-refractivity contribution in [2.24, 2.45) is 0 Å². The molecule has 24 heavy (non-hydrogen) atoms. The van der Waals surface area contributed by atoms with Crippen molar-refractivity contribution in [3.05, 3.63) is 58.7 Å². The van der Waals surface area contributed by atoms with Gasteiger partial charge in [-0.05, 0) is 73.9 Å². The van der Waals surface area contributed by atoms with Crippen LogP contribution in [0, 0.1) is 20.8 Å². The van der Waals surface area contributed by atoms with Crippen molar-refractivity contribution in [3.8, 4) is 22.9 Å². The number of esters is 1. The third kappa shape index (κ3) is 2.93. The average molecular weight is 322 g/mol. The maximum absolute atomic E-state index is 11.5. The number of methoxy groups -OCH3 is 1. The summed E-state index contributed by atoms with van der Waals surface area (Å²) >= 11 is 0. The fourth-order valence-electron chi connectivity index (χ4n) is 2.48. The summed E-state index contributed by atoms with van der Waals surface area (Å²) in [6, 6.07) is 10.9. The second-order valence-electron chi connectivity index (χ2n) is 5.72. The van der Waals surface area contributed by atoms with Gasteiger partial charge in [0, 0.05) is 11.1 Å². The molecule has 5 nitrogen and oxygen atoms in total. The predicted octanol–water partition coefficient (Wildman–Crippen LogP) is 4.12. The quantitative estimate of drug-likeness (QED) is 0.679. The first-order valence-electron chi connectivity index (χ1n) is 7.60. The number of carbonyl (C=O) groups is 1. The molecule has 0 saturated heterocycles. The molecule has 122 valence electrons. The van der Waals surface area contributed by atoms with Gasteiger partial charge < -0.3 is 9.15 Å². The molecule has 0 N–H and O–H groups in total. The van der Waals surface area contributed by atoms with Gasteiger partial charge in [0.1, 0.15) is 0 Å². The average Bonchev–Trinajstić information content (AvgIpc) is 3.08. The summed E-state index contributed by atoms with van der Waals surface area (Å²) in [5.74, 6) is 0.518.